The van der Waals surface area contributed by atoms with Crippen LogP contribution in [-0.4, -0.2) is 28.2 Å². The van der Waals surface area contributed by atoms with Crippen LogP contribution in [0.3, 0.4) is 0 Å². The van der Waals surface area contributed by atoms with Crippen LogP contribution < -0.4 is 5.32 Å². The second-order valence-electron chi connectivity index (χ2n) is 3.17. The number of fused-ring (bicyclic) bond motifs is 1. The van der Waals surface area contributed by atoms with Gasteiger partial charge in [0, 0.05) is 6.54 Å². The van der Waals surface area contributed by atoms with E-state index in [1.165, 1.54) is 0 Å². The predicted octanol–water partition coefficient (Wildman–Crippen LogP) is 0.930. The Balaban J connectivity index is 2.40. The van der Waals surface area contributed by atoms with Crippen molar-refractivity contribution in [2.24, 2.45) is 4.99 Å². The maximum absolute atomic E-state index is 11.5. The van der Waals surface area contributed by atoms with Gasteiger partial charge in [-0.15, -0.1) is 0 Å². The zero-order valence-corrected chi connectivity index (χ0v) is 8.03. The number of imidazole rings is 1. The van der Waals surface area contributed by atoms with Gasteiger partial charge in [-0.3, -0.25) is 9.79 Å². The second-order valence-corrected chi connectivity index (χ2v) is 3.17. The van der Waals surface area contributed by atoms with E-state index in [1.807, 2.05) is 4.57 Å². The number of carbonyl (C=O) groups is 1. The first-order valence-corrected chi connectivity index (χ1v) is 4.66. The summed E-state index contributed by atoms with van der Waals surface area (Å²) in [5.41, 5.74) is 0.496. The molecule has 14 heavy (non-hydrogen) atoms. The fraction of sp³-hybridized carbons (Fsp3) is 0.444. The van der Waals surface area contributed by atoms with Crippen molar-refractivity contribution < 1.29 is 4.79 Å². The molecule has 1 aliphatic heterocycles. The molecule has 0 aliphatic carbocycles. The van der Waals surface area contributed by atoms with Crippen molar-refractivity contribution in [2.75, 3.05) is 11.9 Å². The lowest BCUT2D eigenvalue weighted by Gasteiger charge is -2.05. The number of carbonyl (C=O) groups excluding carboxylic acids is 1. The Hall–Kier alpha value is -1.65. The number of aryl methyl sites for hydroxylation is 1. The minimum atomic E-state index is -0.0314. The molecule has 0 amide bonds. The predicted molar refractivity (Wildman–Crippen MR) is 53.8 cm³/mol. The van der Waals surface area contributed by atoms with Crippen molar-refractivity contribution in [3.05, 3.63) is 12.0 Å². The van der Waals surface area contributed by atoms with Gasteiger partial charge >= 0.3 is 0 Å². The Morgan fingerprint density at radius 3 is 3.29 bits per heavy atom. The second kappa shape index (κ2) is 3.61. The summed E-state index contributed by atoms with van der Waals surface area (Å²) >= 11 is 0. The quantitative estimate of drug-likeness (QED) is 0.758. The number of Topliss-reactive ketones (excluding diaryl/α,β-unsaturated/α-hetero) is 1. The molecule has 0 saturated heterocycles. The Kier molecular flexibility index (Phi) is 2.30. The summed E-state index contributed by atoms with van der Waals surface area (Å²) < 4.78 is 1.94. The molecule has 1 aromatic rings. The average molecular weight is 192 g/mol. The largest absolute Gasteiger partial charge is 0.331 e. The summed E-state index contributed by atoms with van der Waals surface area (Å²) in [7, 11) is 0. The zero-order valence-electron chi connectivity index (χ0n) is 8.03. The molecule has 0 radical (unpaired) electrons. The number of aromatic nitrogens is 2. The van der Waals surface area contributed by atoms with E-state index < -0.39 is 0 Å². The molecule has 5 heteroatoms. The first kappa shape index (κ1) is 8.93. The van der Waals surface area contributed by atoms with Crippen LogP contribution in [-0.2, 0) is 6.54 Å². The number of anilines is 1. The normalized spacial score (nSPS) is 14.8. The van der Waals surface area contributed by atoms with Crippen molar-refractivity contribution >= 4 is 17.9 Å². The fourth-order valence-corrected chi connectivity index (χ4v) is 1.46. The third kappa shape index (κ3) is 1.41. The van der Waals surface area contributed by atoms with E-state index in [4.69, 9.17) is 0 Å². The number of rotatable bonds is 2. The van der Waals surface area contributed by atoms with Crippen LogP contribution in [0.15, 0.2) is 11.3 Å². The van der Waals surface area contributed by atoms with Crippen LogP contribution in [0.2, 0.25) is 0 Å². The molecule has 74 valence electrons. The van der Waals surface area contributed by atoms with Crippen molar-refractivity contribution in [1.82, 2.24) is 9.55 Å². The molecule has 0 saturated carbocycles. The van der Waals surface area contributed by atoms with Crippen LogP contribution in [0.4, 0.5) is 5.82 Å². The van der Waals surface area contributed by atoms with E-state index in [0.717, 1.165) is 18.8 Å². The Morgan fingerprint density at radius 1 is 1.64 bits per heavy atom. The highest BCUT2D eigenvalue weighted by molar-refractivity contribution is 6.03. The van der Waals surface area contributed by atoms with Gasteiger partial charge < -0.3 is 9.88 Å². The van der Waals surface area contributed by atoms with Crippen LogP contribution in [0, 0.1) is 0 Å². The Morgan fingerprint density at radius 2 is 2.50 bits per heavy atom. The molecule has 2 heterocycles. The molecule has 2 rings (SSSR count). The fourth-order valence-electron chi connectivity index (χ4n) is 1.46. The van der Waals surface area contributed by atoms with Crippen LogP contribution >= 0.6 is 0 Å². The standard InChI is InChI=1S/C9H12N4O/c1-2-3-13-6-12-8-7(14)4-10-5-11-9(8)13/h5-6H,2-4H2,1H3,(H,10,11). The SMILES string of the molecule is CCCn1cnc2c1NC=NCC2=O. The van der Waals surface area contributed by atoms with Gasteiger partial charge in [0.15, 0.2) is 5.69 Å². The van der Waals surface area contributed by atoms with Gasteiger partial charge in [0.25, 0.3) is 0 Å². The molecule has 1 aliphatic rings. The minimum absolute atomic E-state index is 0.0314. The van der Waals surface area contributed by atoms with Crippen molar-refractivity contribution in [3.63, 3.8) is 0 Å². The highest BCUT2D eigenvalue weighted by Gasteiger charge is 2.18. The van der Waals surface area contributed by atoms with Crippen molar-refractivity contribution in [1.29, 1.82) is 0 Å². The van der Waals surface area contributed by atoms with Gasteiger partial charge in [-0.2, -0.15) is 0 Å². The third-order valence-electron chi connectivity index (χ3n) is 2.09. The first-order valence-electron chi connectivity index (χ1n) is 4.66. The van der Waals surface area contributed by atoms with Crippen LogP contribution in [0.5, 0.6) is 0 Å². The maximum atomic E-state index is 11.5. The number of ketones is 1. The molecule has 5 nitrogen and oxygen atoms in total. The smallest absolute Gasteiger partial charge is 0.206 e. The van der Waals surface area contributed by atoms with E-state index in [2.05, 4.69) is 22.2 Å². The molecule has 0 spiro atoms. The first-order chi connectivity index (χ1) is 6.83. The highest BCUT2D eigenvalue weighted by atomic mass is 16.1. The maximum Gasteiger partial charge on any atom is 0.206 e. The molecule has 0 aromatic carbocycles. The van der Waals surface area contributed by atoms with Gasteiger partial charge in [-0.05, 0) is 6.42 Å². The van der Waals surface area contributed by atoms with E-state index in [1.54, 1.807) is 12.7 Å². The molecule has 0 fully saturated rings. The summed E-state index contributed by atoms with van der Waals surface area (Å²) in [6.45, 7) is 3.12. The molecule has 1 aromatic heterocycles. The monoisotopic (exact) mass is 192 g/mol. The number of nitrogens with zero attached hydrogens (tertiary/aromatic N) is 3. The topological polar surface area (TPSA) is 59.3 Å². The van der Waals surface area contributed by atoms with Gasteiger partial charge in [0.05, 0.1) is 12.7 Å². The zero-order chi connectivity index (χ0) is 9.97. The van der Waals surface area contributed by atoms with E-state index >= 15 is 0 Å². The lowest BCUT2D eigenvalue weighted by atomic mass is 10.3. The van der Waals surface area contributed by atoms with E-state index in [9.17, 15) is 4.79 Å². The summed E-state index contributed by atoms with van der Waals surface area (Å²) in [5.74, 6) is 0.731. The highest BCUT2D eigenvalue weighted by Crippen LogP contribution is 2.16. The summed E-state index contributed by atoms with van der Waals surface area (Å²) in [6, 6.07) is 0. The molecular weight excluding hydrogens is 180 g/mol. The van der Waals surface area contributed by atoms with E-state index in [-0.39, 0.29) is 12.3 Å². The summed E-state index contributed by atoms with van der Waals surface area (Å²) in [6.07, 6.45) is 4.26. The number of aliphatic imine (C=N–C) groups is 1. The van der Waals surface area contributed by atoms with Crippen LogP contribution in [0.1, 0.15) is 23.8 Å². The Bertz CT molecular complexity index is 380. The number of hydrogen-bond donors (Lipinski definition) is 1. The van der Waals surface area contributed by atoms with Gasteiger partial charge in [-0.25, -0.2) is 4.98 Å². The number of nitrogens with one attached hydrogen (secondary N) is 1. The third-order valence-corrected chi connectivity index (χ3v) is 2.09. The van der Waals surface area contributed by atoms with Gasteiger partial charge in [0.2, 0.25) is 5.78 Å². The van der Waals surface area contributed by atoms with Gasteiger partial charge in [-0.1, -0.05) is 6.92 Å². The van der Waals surface area contributed by atoms with E-state index in [0.29, 0.717) is 5.69 Å². The summed E-state index contributed by atoms with van der Waals surface area (Å²) in [5, 5.41) is 2.98. The average Bonchev–Trinajstić information content (AvgIpc) is 2.47. The Labute approximate surface area is 81.9 Å². The molecule has 0 bridgehead atoms. The molecule has 1 N–H and O–H groups in total. The molecular formula is C9H12N4O. The number of hydrogen-bond acceptors (Lipinski definition) is 4. The molecule has 0 atom stereocenters. The lowest BCUT2D eigenvalue weighted by Crippen LogP contribution is -2.06. The van der Waals surface area contributed by atoms with Crippen molar-refractivity contribution in [2.45, 2.75) is 19.9 Å². The van der Waals surface area contributed by atoms with Gasteiger partial charge in [0.1, 0.15) is 12.4 Å². The summed E-state index contributed by atoms with van der Waals surface area (Å²) in [4.78, 5) is 19.5. The van der Waals surface area contributed by atoms with Crippen molar-refractivity contribution in [3.8, 4) is 0 Å². The minimum Gasteiger partial charge on any atom is -0.331 e. The lowest BCUT2D eigenvalue weighted by molar-refractivity contribution is 0.0999. The van der Waals surface area contributed by atoms with Crippen LogP contribution in [0.25, 0.3) is 0 Å². The molecule has 0 unspecified atom stereocenters.